The van der Waals surface area contributed by atoms with E-state index in [1.807, 2.05) is 36.4 Å². The molecule has 2 aromatic carbocycles. The van der Waals surface area contributed by atoms with Crippen LogP contribution >= 0.6 is 0 Å². The second kappa shape index (κ2) is 11.6. The fraction of sp³-hybridized carbons (Fsp3) is 0.400. The van der Waals surface area contributed by atoms with Crippen LogP contribution in [0.4, 0.5) is 0 Å². The molecule has 1 aliphatic heterocycles. The van der Waals surface area contributed by atoms with Crippen molar-refractivity contribution in [1.82, 2.24) is 0 Å². The lowest BCUT2D eigenvalue weighted by molar-refractivity contribution is -0.153. The summed E-state index contributed by atoms with van der Waals surface area (Å²) in [6, 6.07) is 14.6. The van der Waals surface area contributed by atoms with Crippen LogP contribution in [0.15, 0.2) is 64.8 Å². The molecule has 0 N–H and O–H groups in total. The lowest BCUT2D eigenvalue weighted by Gasteiger charge is -2.41. The highest BCUT2D eigenvalue weighted by molar-refractivity contribution is 6.17. The number of Topliss-reactive ketones (excluding diaryl/α,β-unsaturated/α-hetero) is 1. The van der Waals surface area contributed by atoms with Crippen molar-refractivity contribution in [2.75, 3.05) is 27.4 Å². The van der Waals surface area contributed by atoms with Gasteiger partial charge in [-0.2, -0.15) is 0 Å². The highest BCUT2D eigenvalue weighted by Gasteiger charge is 2.53. The minimum Gasteiger partial charge on any atom is -0.497 e. The molecule has 0 bridgehead atoms. The smallest absolute Gasteiger partial charge is 0.336 e. The predicted octanol–water partition coefficient (Wildman–Crippen LogP) is 4.63. The van der Waals surface area contributed by atoms with Crippen LogP contribution in [0.2, 0.25) is 0 Å². The minimum absolute atomic E-state index is 0.144. The number of rotatable bonds is 8. The summed E-state index contributed by atoms with van der Waals surface area (Å²) in [5.74, 6) is -3.31. The van der Waals surface area contributed by atoms with Crippen molar-refractivity contribution >= 4 is 23.4 Å². The van der Waals surface area contributed by atoms with Gasteiger partial charge in [-0.25, -0.2) is 4.79 Å². The van der Waals surface area contributed by atoms with Gasteiger partial charge in [0.05, 0.1) is 38.9 Å². The van der Waals surface area contributed by atoms with Crippen LogP contribution in [0.25, 0.3) is 0 Å². The summed E-state index contributed by atoms with van der Waals surface area (Å²) in [7, 11) is 3.13. The Morgan fingerprint density at radius 2 is 1.50 bits per heavy atom. The van der Waals surface area contributed by atoms with Crippen LogP contribution in [-0.2, 0) is 23.9 Å². The summed E-state index contributed by atoms with van der Waals surface area (Å²) < 4.78 is 21.6. The second-order valence-corrected chi connectivity index (χ2v) is 9.27. The quantitative estimate of drug-likeness (QED) is 0.370. The summed E-state index contributed by atoms with van der Waals surface area (Å²) >= 11 is 0. The van der Waals surface area contributed by atoms with Gasteiger partial charge in [0, 0.05) is 23.2 Å². The average Bonchev–Trinajstić information content (AvgIpc) is 2.92. The predicted molar refractivity (Wildman–Crippen MR) is 141 cm³/mol. The fourth-order valence-corrected chi connectivity index (χ4v) is 5.54. The maximum Gasteiger partial charge on any atom is 0.336 e. The van der Waals surface area contributed by atoms with E-state index in [2.05, 4.69) is 0 Å². The number of fused-ring (bicyclic) bond motifs is 1. The van der Waals surface area contributed by atoms with Crippen molar-refractivity contribution in [1.29, 1.82) is 0 Å². The number of carbonyl (C=O) groups excluding carboxylic acids is 3. The molecule has 4 rings (SSSR count). The highest BCUT2D eigenvalue weighted by atomic mass is 16.5. The van der Waals surface area contributed by atoms with E-state index in [4.69, 9.17) is 23.9 Å². The second-order valence-electron chi connectivity index (χ2n) is 9.27. The third-order valence-electron chi connectivity index (χ3n) is 7.16. The molecule has 1 aliphatic carbocycles. The Kier molecular flexibility index (Phi) is 8.29. The Bertz CT molecular complexity index is 1300. The van der Waals surface area contributed by atoms with Gasteiger partial charge in [-0.3, -0.25) is 14.6 Å². The fourth-order valence-electron chi connectivity index (χ4n) is 5.54. The Labute approximate surface area is 222 Å². The molecule has 4 atom stereocenters. The molecule has 2 aromatic rings. The summed E-state index contributed by atoms with van der Waals surface area (Å²) in [5, 5.41) is 0. The van der Waals surface area contributed by atoms with Crippen molar-refractivity contribution in [3.8, 4) is 11.5 Å². The highest BCUT2D eigenvalue weighted by Crippen LogP contribution is 2.49. The molecule has 8 nitrogen and oxygen atoms in total. The Balaban J connectivity index is 1.90. The number of allylic oxidation sites excluding steroid dienone is 1. The van der Waals surface area contributed by atoms with Gasteiger partial charge < -0.3 is 18.9 Å². The zero-order valence-corrected chi connectivity index (χ0v) is 22.4. The molecule has 1 unspecified atom stereocenters. The van der Waals surface area contributed by atoms with Crippen molar-refractivity contribution < 1.29 is 33.3 Å². The lowest BCUT2D eigenvalue weighted by atomic mass is 9.62. The molecule has 1 heterocycles. The Morgan fingerprint density at radius 3 is 2.11 bits per heavy atom. The molecular formula is C30H33NO7. The largest absolute Gasteiger partial charge is 0.497 e. The zero-order valence-electron chi connectivity index (χ0n) is 22.4. The molecule has 38 heavy (non-hydrogen) atoms. The van der Waals surface area contributed by atoms with Crippen LogP contribution in [0.3, 0.4) is 0 Å². The van der Waals surface area contributed by atoms with Gasteiger partial charge in [0.25, 0.3) is 0 Å². The van der Waals surface area contributed by atoms with Crippen molar-refractivity contribution in [3.05, 3.63) is 70.9 Å². The topological polar surface area (TPSA) is 100 Å². The standard InChI is InChI=1S/C30H33NO7/c1-6-37-29(33)24-17(3)31-23-16-22(18-10-8-12-20(14-18)35-4)26(30(34)38-7-2)28(32)27(23)25(24)19-11-9-13-21(15-19)36-5/h8-15,22,25-27H,6-7,16H2,1-5H3/t22-,25+,26+,27?/m0/s1. The summed E-state index contributed by atoms with van der Waals surface area (Å²) in [6.07, 6.45) is 0.348. The third kappa shape index (κ3) is 5.08. The van der Waals surface area contributed by atoms with Crippen LogP contribution in [-0.4, -0.2) is 50.9 Å². The van der Waals surface area contributed by atoms with Gasteiger partial charge in [0.2, 0.25) is 0 Å². The number of hydrogen-bond acceptors (Lipinski definition) is 8. The molecule has 0 spiro atoms. The van der Waals surface area contributed by atoms with Crippen molar-refractivity contribution in [3.63, 3.8) is 0 Å². The van der Waals surface area contributed by atoms with Crippen LogP contribution in [0, 0.1) is 11.8 Å². The maximum atomic E-state index is 14.4. The monoisotopic (exact) mass is 519 g/mol. The molecule has 2 aliphatic rings. The SMILES string of the molecule is CCOC(=O)C1=C(C)N=C2C[C@@H](c3cccc(OC)c3)[C@@H](C(=O)OCC)C(=O)C2[C@@H]1c1cccc(OC)c1. The van der Waals surface area contributed by atoms with E-state index in [1.165, 1.54) is 0 Å². The number of benzene rings is 2. The van der Waals surface area contributed by atoms with Gasteiger partial charge in [0.1, 0.15) is 17.4 Å². The van der Waals surface area contributed by atoms with Crippen LogP contribution in [0.5, 0.6) is 11.5 Å². The van der Waals surface area contributed by atoms with Gasteiger partial charge >= 0.3 is 11.9 Å². The van der Waals surface area contributed by atoms with Crippen LogP contribution < -0.4 is 9.47 Å². The van der Waals surface area contributed by atoms with Crippen molar-refractivity contribution in [2.24, 2.45) is 16.8 Å². The van der Waals surface area contributed by atoms with Gasteiger partial charge in [0.15, 0.2) is 5.78 Å². The third-order valence-corrected chi connectivity index (χ3v) is 7.16. The average molecular weight is 520 g/mol. The van der Waals surface area contributed by atoms with E-state index in [0.717, 1.165) is 5.56 Å². The number of esters is 2. The number of hydrogen-bond donors (Lipinski definition) is 0. The molecule has 200 valence electrons. The van der Waals surface area contributed by atoms with Crippen molar-refractivity contribution in [2.45, 2.75) is 39.0 Å². The molecule has 0 amide bonds. The number of aliphatic imine (C=N–C) groups is 1. The van der Waals surface area contributed by atoms with E-state index in [0.29, 0.717) is 40.5 Å². The maximum absolute atomic E-state index is 14.4. The molecule has 0 radical (unpaired) electrons. The normalized spacial score (nSPS) is 22.8. The van der Waals surface area contributed by atoms with E-state index in [9.17, 15) is 14.4 Å². The summed E-state index contributed by atoms with van der Waals surface area (Å²) in [4.78, 5) is 45.7. The Morgan fingerprint density at radius 1 is 0.895 bits per heavy atom. The first-order valence-electron chi connectivity index (χ1n) is 12.8. The van der Waals surface area contributed by atoms with Gasteiger partial charge in [-0.15, -0.1) is 0 Å². The van der Waals surface area contributed by atoms with Crippen LogP contribution in [0.1, 0.15) is 50.2 Å². The molecule has 0 saturated heterocycles. The Hall–Kier alpha value is -3.94. The molecule has 1 saturated carbocycles. The number of ketones is 1. The molecule has 1 fully saturated rings. The summed E-state index contributed by atoms with van der Waals surface area (Å²) in [6.45, 7) is 5.52. The summed E-state index contributed by atoms with van der Waals surface area (Å²) in [5.41, 5.74) is 2.92. The molecule has 0 aromatic heterocycles. The van der Waals surface area contributed by atoms with E-state index in [1.54, 1.807) is 47.1 Å². The first-order valence-corrected chi connectivity index (χ1v) is 12.8. The van der Waals surface area contributed by atoms with E-state index < -0.39 is 35.6 Å². The van der Waals surface area contributed by atoms with Gasteiger partial charge in [-0.1, -0.05) is 24.3 Å². The molecule has 8 heteroatoms. The minimum atomic E-state index is -1.07. The number of nitrogens with zero attached hydrogens (tertiary/aromatic N) is 1. The van der Waals surface area contributed by atoms with E-state index >= 15 is 0 Å². The zero-order chi connectivity index (χ0) is 27.4. The van der Waals surface area contributed by atoms with E-state index in [-0.39, 0.29) is 19.0 Å². The first-order chi connectivity index (χ1) is 18.3. The molecular weight excluding hydrogens is 486 g/mol. The first kappa shape index (κ1) is 27.1. The number of ether oxygens (including phenoxy) is 4. The number of carbonyl (C=O) groups is 3. The number of methoxy groups -OCH3 is 2. The van der Waals surface area contributed by atoms with Gasteiger partial charge in [-0.05, 0) is 62.6 Å². The lowest BCUT2D eigenvalue weighted by Crippen LogP contribution is -2.48.